The van der Waals surface area contributed by atoms with Gasteiger partial charge in [0.25, 0.3) is 0 Å². The first-order valence-electron chi connectivity index (χ1n) is 8.03. The smallest absolute Gasteiger partial charge is 0.373 e. The molecule has 2 aromatic rings. The Hall–Kier alpha value is -2.63. The number of aliphatic hydroxyl groups excluding tert-OH is 4. The predicted octanol–water partition coefficient (Wildman–Crippen LogP) is -0.980. The molecule has 1 aromatic carbocycles. The highest BCUT2D eigenvalue weighted by Gasteiger charge is 2.44. The summed E-state index contributed by atoms with van der Waals surface area (Å²) < 4.78 is 10.8. The van der Waals surface area contributed by atoms with E-state index in [-0.39, 0.29) is 5.82 Å². The third-order valence-corrected chi connectivity index (χ3v) is 4.13. The maximum absolute atomic E-state index is 10.8. The number of carboxylic acids is 1. The lowest BCUT2D eigenvalue weighted by molar-refractivity contribution is -0.277. The van der Waals surface area contributed by atoms with E-state index in [1.54, 1.807) is 24.3 Å². The van der Waals surface area contributed by atoms with Crippen molar-refractivity contribution >= 4 is 5.97 Å². The van der Waals surface area contributed by atoms with Crippen LogP contribution in [0, 0.1) is 0 Å². The van der Waals surface area contributed by atoms with Gasteiger partial charge in [0.2, 0.25) is 12.1 Å². The minimum Gasteiger partial charge on any atom is -0.475 e. The van der Waals surface area contributed by atoms with Crippen LogP contribution < -0.4 is 4.74 Å². The fourth-order valence-electron chi connectivity index (χ4n) is 2.61. The topological polar surface area (TPSA) is 162 Å². The predicted molar refractivity (Wildman–Crippen MR) is 88.8 cm³/mol. The lowest BCUT2D eigenvalue weighted by atomic mass is 9.99. The first-order valence-corrected chi connectivity index (χ1v) is 8.03. The van der Waals surface area contributed by atoms with Crippen LogP contribution in [0.25, 0.3) is 11.1 Å². The van der Waals surface area contributed by atoms with Gasteiger partial charge in [-0.15, -0.1) is 0 Å². The summed E-state index contributed by atoms with van der Waals surface area (Å²) in [4.78, 5) is 18.3. The van der Waals surface area contributed by atoms with Crippen LogP contribution in [0.2, 0.25) is 0 Å². The van der Waals surface area contributed by atoms with Crippen molar-refractivity contribution in [1.82, 2.24) is 9.97 Å². The molecule has 10 heteroatoms. The van der Waals surface area contributed by atoms with Gasteiger partial charge in [0.05, 0.1) is 6.61 Å². The van der Waals surface area contributed by atoms with Crippen LogP contribution >= 0.6 is 0 Å². The van der Waals surface area contributed by atoms with Gasteiger partial charge in [-0.2, -0.15) is 0 Å². The van der Waals surface area contributed by atoms with Crippen molar-refractivity contribution in [2.24, 2.45) is 0 Å². The van der Waals surface area contributed by atoms with Crippen LogP contribution in [0.3, 0.4) is 0 Å². The molecule has 5 N–H and O–H groups in total. The molecular formula is C17H18N2O8. The first-order chi connectivity index (χ1) is 12.9. The van der Waals surface area contributed by atoms with Crippen molar-refractivity contribution in [3.05, 3.63) is 42.5 Å². The molecule has 144 valence electrons. The average Bonchev–Trinajstić information content (AvgIpc) is 2.69. The second-order valence-corrected chi connectivity index (χ2v) is 5.94. The molecule has 0 saturated carbocycles. The van der Waals surface area contributed by atoms with E-state index in [0.717, 1.165) is 0 Å². The molecular weight excluding hydrogens is 360 g/mol. The summed E-state index contributed by atoms with van der Waals surface area (Å²) >= 11 is 0. The van der Waals surface area contributed by atoms with Crippen molar-refractivity contribution in [1.29, 1.82) is 0 Å². The van der Waals surface area contributed by atoms with Crippen LogP contribution in [-0.4, -0.2) is 78.8 Å². The Morgan fingerprint density at radius 3 is 2.19 bits per heavy atom. The molecule has 0 radical (unpaired) electrons. The van der Waals surface area contributed by atoms with Gasteiger partial charge in [-0.25, -0.2) is 14.8 Å². The molecule has 27 heavy (non-hydrogen) atoms. The van der Waals surface area contributed by atoms with Gasteiger partial charge >= 0.3 is 5.97 Å². The van der Waals surface area contributed by atoms with Gasteiger partial charge in [0.15, 0.2) is 0 Å². The number of carbonyl (C=O) groups is 1. The third kappa shape index (κ3) is 4.04. The van der Waals surface area contributed by atoms with Crippen LogP contribution in [0.15, 0.2) is 36.7 Å². The number of rotatable bonds is 5. The van der Waals surface area contributed by atoms with Crippen molar-refractivity contribution in [3.63, 3.8) is 0 Å². The summed E-state index contributed by atoms with van der Waals surface area (Å²) in [6.07, 6.45) is -4.05. The van der Waals surface area contributed by atoms with E-state index in [4.69, 9.17) is 14.6 Å². The van der Waals surface area contributed by atoms with E-state index in [1.165, 1.54) is 12.4 Å². The molecule has 10 nitrogen and oxygen atoms in total. The second kappa shape index (κ2) is 7.94. The quantitative estimate of drug-likeness (QED) is 0.437. The zero-order chi connectivity index (χ0) is 19.6. The van der Waals surface area contributed by atoms with E-state index < -0.39 is 43.3 Å². The van der Waals surface area contributed by atoms with E-state index in [1.807, 2.05) is 0 Å². The summed E-state index contributed by atoms with van der Waals surface area (Å²) in [5.41, 5.74) is 1.30. The monoisotopic (exact) mass is 378 g/mol. The molecule has 0 bridgehead atoms. The minimum atomic E-state index is -1.52. The molecule has 5 atom stereocenters. The van der Waals surface area contributed by atoms with Crippen molar-refractivity contribution < 1.29 is 39.8 Å². The highest BCUT2D eigenvalue weighted by atomic mass is 16.7. The molecule has 0 spiro atoms. The van der Waals surface area contributed by atoms with Crippen molar-refractivity contribution in [2.75, 3.05) is 6.61 Å². The third-order valence-electron chi connectivity index (χ3n) is 4.13. The number of aliphatic hydroxyl groups is 4. The molecule has 2 heterocycles. The molecule has 1 saturated heterocycles. The lowest BCUT2D eigenvalue weighted by Crippen LogP contribution is -2.60. The Kier molecular flexibility index (Phi) is 5.63. The number of ether oxygens (including phenoxy) is 2. The fourth-order valence-corrected chi connectivity index (χ4v) is 2.61. The Balaban J connectivity index is 1.71. The van der Waals surface area contributed by atoms with Crippen LogP contribution in [0.1, 0.15) is 10.6 Å². The number of hydrogen-bond acceptors (Lipinski definition) is 9. The largest absolute Gasteiger partial charge is 0.475 e. The Morgan fingerprint density at radius 2 is 1.63 bits per heavy atom. The van der Waals surface area contributed by atoms with Crippen molar-refractivity contribution in [3.8, 4) is 16.9 Å². The number of nitrogens with zero attached hydrogens (tertiary/aromatic N) is 2. The molecule has 1 aromatic heterocycles. The Labute approximate surface area is 153 Å². The summed E-state index contributed by atoms with van der Waals surface area (Å²) in [6.45, 7) is -0.546. The molecule has 1 aliphatic rings. The minimum absolute atomic E-state index is 0.304. The lowest BCUT2D eigenvalue weighted by Gasteiger charge is -2.39. The fraction of sp³-hybridized carbons (Fsp3) is 0.353. The van der Waals surface area contributed by atoms with Gasteiger partial charge in [-0.3, -0.25) is 0 Å². The van der Waals surface area contributed by atoms with Gasteiger partial charge < -0.3 is 35.0 Å². The SMILES string of the molecule is O=C(O)c1ncc(-c2ccc(O[C@H]3O[C@H](CO)[C@@H](O)[C@H](O)[C@@H]3O)cc2)cn1. The number of aromatic nitrogens is 2. The number of carboxylic acid groups (broad SMARTS) is 1. The van der Waals surface area contributed by atoms with E-state index in [0.29, 0.717) is 16.9 Å². The highest BCUT2D eigenvalue weighted by molar-refractivity contribution is 5.83. The van der Waals surface area contributed by atoms with E-state index in [9.17, 15) is 25.2 Å². The van der Waals surface area contributed by atoms with Gasteiger partial charge in [0.1, 0.15) is 30.2 Å². The molecule has 0 unspecified atom stereocenters. The van der Waals surface area contributed by atoms with Gasteiger partial charge in [-0.05, 0) is 17.7 Å². The van der Waals surface area contributed by atoms with E-state index in [2.05, 4.69) is 9.97 Å². The second-order valence-electron chi connectivity index (χ2n) is 5.94. The van der Waals surface area contributed by atoms with E-state index >= 15 is 0 Å². The van der Waals surface area contributed by atoms with Crippen molar-refractivity contribution in [2.45, 2.75) is 30.7 Å². The zero-order valence-corrected chi connectivity index (χ0v) is 13.9. The highest BCUT2D eigenvalue weighted by Crippen LogP contribution is 2.26. The molecule has 1 fully saturated rings. The summed E-state index contributed by atoms with van der Waals surface area (Å²) in [6, 6.07) is 6.47. The number of aromatic carboxylic acids is 1. The van der Waals surface area contributed by atoms with Crippen LogP contribution in [0.5, 0.6) is 5.75 Å². The maximum Gasteiger partial charge on any atom is 0.373 e. The number of hydrogen-bond donors (Lipinski definition) is 5. The first kappa shape index (κ1) is 19.1. The summed E-state index contributed by atoms with van der Waals surface area (Å²) in [5.74, 6) is -1.21. The molecule has 0 amide bonds. The maximum atomic E-state index is 10.8. The average molecular weight is 378 g/mol. The van der Waals surface area contributed by atoms with Crippen LogP contribution in [0.4, 0.5) is 0 Å². The van der Waals surface area contributed by atoms with Gasteiger partial charge in [-0.1, -0.05) is 12.1 Å². The summed E-state index contributed by atoms with van der Waals surface area (Å²) in [5, 5.41) is 47.5. The molecule has 3 rings (SSSR count). The summed E-state index contributed by atoms with van der Waals surface area (Å²) in [7, 11) is 0. The molecule has 1 aliphatic heterocycles. The zero-order valence-electron chi connectivity index (χ0n) is 13.9. The van der Waals surface area contributed by atoms with Crippen LogP contribution in [-0.2, 0) is 4.74 Å². The van der Waals surface area contributed by atoms with Gasteiger partial charge in [0, 0.05) is 18.0 Å². The Bertz CT molecular complexity index is 781. The Morgan fingerprint density at radius 1 is 1.00 bits per heavy atom. The number of benzene rings is 1. The standard InChI is InChI=1S/C17H18N2O8/c20-7-11-12(21)13(22)14(23)17(27-11)26-10-3-1-8(2-4-10)9-5-18-15(16(24)25)19-6-9/h1-6,11-14,17,20-23H,7H2,(H,24,25)/t11-,12-,13+,14+,17+/m1/s1. The molecule has 0 aliphatic carbocycles. The normalized spacial score (nSPS) is 27.9.